The SMILES string of the molecule is Cc1ccc(N(C)C)c(N(C)C)c1[Si](c1c(C)ccc(N(C)C)c1N(C)C)(c1c(C)ccc(N(C)C)c1N(C)C)c1c(C)c(C)c(C)[c-]1C.[Cl-].[Cl-].[Cl-].[Ti+4]. The quantitative estimate of drug-likeness (QED) is 0.0928. The maximum Gasteiger partial charge on any atom is 4.00 e. The molecule has 0 spiro atoms. The van der Waals surface area contributed by atoms with E-state index in [1.165, 1.54) is 93.8 Å². The van der Waals surface area contributed by atoms with Gasteiger partial charge in [-0.05, 0) is 71.2 Å². The zero-order valence-electron chi connectivity index (χ0n) is 35.8. The second-order valence-corrected chi connectivity index (χ2v) is 18.9. The van der Waals surface area contributed by atoms with E-state index in [4.69, 9.17) is 0 Å². The minimum absolute atomic E-state index is 0. The molecule has 4 aromatic carbocycles. The van der Waals surface area contributed by atoms with Crippen molar-refractivity contribution >= 4 is 62.9 Å². The topological polar surface area (TPSA) is 19.4 Å². The first kappa shape index (κ1) is 50.6. The Bertz CT molecular complexity index is 1690. The van der Waals surface area contributed by atoms with E-state index in [-0.39, 0.29) is 58.9 Å². The molecule has 0 N–H and O–H groups in total. The van der Waals surface area contributed by atoms with Crippen molar-refractivity contribution < 1.29 is 58.9 Å². The molecule has 0 radical (unpaired) electrons. The van der Waals surface area contributed by atoms with Gasteiger partial charge in [0.1, 0.15) is 0 Å². The molecule has 0 aliphatic carbocycles. The van der Waals surface area contributed by atoms with Gasteiger partial charge in [-0.3, -0.25) is 0 Å². The molecule has 290 valence electrons. The largest absolute Gasteiger partial charge is 4.00 e. The van der Waals surface area contributed by atoms with Crippen molar-refractivity contribution in [2.24, 2.45) is 0 Å². The van der Waals surface area contributed by atoms with Crippen LogP contribution in [0.1, 0.15) is 38.9 Å². The molecule has 0 saturated heterocycles. The average molecular weight is 834 g/mol. The van der Waals surface area contributed by atoms with Crippen LogP contribution in [0.5, 0.6) is 0 Å². The van der Waals surface area contributed by atoms with Gasteiger partial charge in [0, 0.05) is 84.6 Å². The van der Waals surface area contributed by atoms with E-state index in [0.717, 1.165) is 0 Å². The Labute approximate surface area is 357 Å². The van der Waals surface area contributed by atoms with Crippen LogP contribution in [0.2, 0.25) is 0 Å². The monoisotopic (exact) mass is 832 g/mol. The summed E-state index contributed by atoms with van der Waals surface area (Å²) in [5, 5.41) is 5.91. The molecule has 53 heavy (non-hydrogen) atoms. The van der Waals surface area contributed by atoms with Gasteiger partial charge in [-0.15, -0.1) is 0 Å². The molecule has 0 aliphatic heterocycles. The van der Waals surface area contributed by atoms with Crippen LogP contribution < -0.4 is 87.4 Å². The van der Waals surface area contributed by atoms with Crippen molar-refractivity contribution in [3.8, 4) is 0 Å². The Hall–Kier alpha value is -2.39. The van der Waals surface area contributed by atoms with Gasteiger partial charge in [0.05, 0.1) is 34.1 Å². The number of halogens is 3. The van der Waals surface area contributed by atoms with Crippen LogP contribution in [-0.4, -0.2) is 92.6 Å². The molecule has 0 saturated carbocycles. The fourth-order valence-corrected chi connectivity index (χ4v) is 15.6. The maximum absolute atomic E-state index is 3.29. The molecule has 0 bridgehead atoms. The molecule has 0 fully saturated rings. The van der Waals surface area contributed by atoms with Gasteiger partial charge in [-0.25, -0.2) is 0 Å². The molecule has 4 aromatic rings. The predicted octanol–water partition coefficient (Wildman–Crippen LogP) is -3.65. The third-order valence-electron chi connectivity index (χ3n) is 10.8. The average Bonchev–Trinajstić information content (AvgIpc) is 3.20. The summed E-state index contributed by atoms with van der Waals surface area (Å²) in [4.78, 5) is 14.0. The molecule has 0 unspecified atom stereocenters. The number of aryl methyl sites for hydroxylation is 3. The van der Waals surface area contributed by atoms with E-state index in [2.05, 4.69) is 199 Å². The van der Waals surface area contributed by atoms with Crippen LogP contribution in [0.3, 0.4) is 0 Å². The molecular weight excluding hydrogens is 771 g/mol. The number of rotatable bonds is 10. The second-order valence-electron chi connectivity index (χ2n) is 15.4. The Balaban J connectivity index is 0.00000676. The van der Waals surface area contributed by atoms with E-state index in [1.54, 1.807) is 0 Å². The summed E-state index contributed by atoms with van der Waals surface area (Å²) in [6.45, 7) is 16.5. The predicted molar refractivity (Wildman–Crippen MR) is 225 cm³/mol. The second kappa shape index (κ2) is 19.0. The van der Waals surface area contributed by atoms with Gasteiger partial charge in [-0.1, -0.05) is 45.9 Å². The first-order valence-electron chi connectivity index (χ1n) is 17.4. The first-order chi connectivity index (χ1) is 22.7. The van der Waals surface area contributed by atoms with E-state index in [1.807, 2.05) is 0 Å². The molecule has 0 amide bonds. The molecule has 11 heteroatoms. The first-order valence-corrected chi connectivity index (χ1v) is 19.4. The van der Waals surface area contributed by atoms with Gasteiger partial charge in [0.15, 0.2) is 8.07 Å². The molecule has 0 atom stereocenters. The van der Waals surface area contributed by atoms with E-state index in [0.29, 0.717) is 0 Å². The summed E-state index contributed by atoms with van der Waals surface area (Å²) < 4.78 is 0. The summed E-state index contributed by atoms with van der Waals surface area (Å²) in [7, 11) is 23.2. The molecule has 0 aromatic heterocycles. The van der Waals surface area contributed by atoms with Crippen LogP contribution >= 0.6 is 0 Å². The fraction of sp³-hybridized carbons (Fsp3) is 0.452. The number of hydrogen-bond acceptors (Lipinski definition) is 6. The van der Waals surface area contributed by atoms with Crippen molar-refractivity contribution in [3.05, 3.63) is 75.3 Å². The summed E-state index contributed by atoms with van der Waals surface area (Å²) in [6, 6.07) is 14.1. The number of anilines is 6. The van der Waals surface area contributed by atoms with Crippen LogP contribution in [0.4, 0.5) is 34.1 Å². The standard InChI is InChI=1S/C42H63N6Si.3ClH.Ti/c1-26-20-23-33(43(8)9)36(46(14)15)39(26)49(42-31(6)29(4)30(5)32(42)7,40-27(2)21-24-34(44(10)11)37(40)47(16)17)41-28(3)22-25-35(45(12)13)38(41)48(18)19;;;;/h20-25H,1-19H3;3*1H;/q-1;;;;+4/p-3. The van der Waals surface area contributed by atoms with Crippen molar-refractivity contribution in [2.75, 3.05) is 114 Å². The smallest absolute Gasteiger partial charge is 1.00 e. The zero-order valence-corrected chi connectivity index (χ0v) is 40.6. The number of nitrogens with zero attached hydrogens (tertiary/aromatic N) is 6. The Morgan fingerprint density at radius 3 is 0.868 bits per heavy atom. The van der Waals surface area contributed by atoms with Crippen molar-refractivity contribution in [3.63, 3.8) is 0 Å². The van der Waals surface area contributed by atoms with Crippen LogP contribution in [0.25, 0.3) is 0 Å². The fourth-order valence-electron chi connectivity index (χ4n) is 8.44. The van der Waals surface area contributed by atoms with Gasteiger partial charge < -0.3 is 66.6 Å². The van der Waals surface area contributed by atoms with Crippen LogP contribution in [0.15, 0.2) is 36.4 Å². The molecule has 4 rings (SSSR count). The Kier molecular flexibility index (Phi) is 18.1. The number of hydrogen-bond donors (Lipinski definition) is 0. The van der Waals surface area contributed by atoms with Gasteiger partial charge in [0.25, 0.3) is 0 Å². The van der Waals surface area contributed by atoms with E-state index < -0.39 is 8.07 Å². The van der Waals surface area contributed by atoms with E-state index >= 15 is 0 Å². The molecule has 0 heterocycles. The zero-order chi connectivity index (χ0) is 37.0. The van der Waals surface area contributed by atoms with Crippen LogP contribution in [0, 0.1) is 48.5 Å². The van der Waals surface area contributed by atoms with Gasteiger partial charge >= 0.3 is 21.7 Å². The summed E-state index contributed by atoms with van der Waals surface area (Å²) in [5.74, 6) is 0. The maximum atomic E-state index is 2.40. The Morgan fingerprint density at radius 1 is 0.415 bits per heavy atom. The summed E-state index contributed by atoms with van der Waals surface area (Å²) >= 11 is 0. The Morgan fingerprint density at radius 2 is 0.679 bits per heavy atom. The van der Waals surface area contributed by atoms with Crippen molar-refractivity contribution in [1.29, 1.82) is 0 Å². The van der Waals surface area contributed by atoms with Crippen LogP contribution in [-0.2, 0) is 21.7 Å². The van der Waals surface area contributed by atoms with E-state index in [9.17, 15) is 0 Å². The third kappa shape index (κ3) is 8.27. The van der Waals surface area contributed by atoms with Gasteiger partial charge in [-0.2, -0.15) is 27.4 Å². The molecule has 0 aliphatic rings. The van der Waals surface area contributed by atoms with Crippen molar-refractivity contribution in [1.82, 2.24) is 0 Å². The van der Waals surface area contributed by atoms with Gasteiger partial charge in [0.2, 0.25) is 0 Å². The number of benzene rings is 3. The summed E-state index contributed by atoms with van der Waals surface area (Å²) in [6.07, 6.45) is 0. The van der Waals surface area contributed by atoms with Crippen molar-refractivity contribution in [2.45, 2.75) is 48.5 Å². The molecular formula is C42H63Cl3N6SiTi. The molecule has 6 nitrogen and oxygen atoms in total. The third-order valence-corrected chi connectivity index (χ3v) is 16.5. The summed E-state index contributed by atoms with van der Waals surface area (Å²) in [5.41, 5.74) is 17.2. The normalized spacial score (nSPS) is 10.7. The minimum atomic E-state index is -3.29. The minimum Gasteiger partial charge on any atom is -1.00 e.